The summed E-state index contributed by atoms with van der Waals surface area (Å²) in [5.74, 6) is -0.580. The maximum Gasteiger partial charge on any atom is 0.309 e. The molecule has 0 atom stereocenters. The van der Waals surface area contributed by atoms with Crippen molar-refractivity contribution in [2.24, 2.45) is 0 Å². The van der Waals surface area contributed by atoms with Gasteiger partial charge in [-0.15, -0.1) is 0 Å². The Hall–Kier alpha value is -2.75. The summed E-state index contributed by atoms with van der Waals surface area (Å²) in [5.41, 5.74) is 0.760. The molecule has 1 fully saturated rings. The summed E-state index contributed by atoms with van der Waals surface area (Å²) in [6.45, 7) is 0.386. The monoisotopic (exact) mass is 365 g/mol. The lowest BCUT2D eigenvalue weighted by molar-refractivity contribution is -0.139. The van der Waals surface area contributed by atoms with Crippen molar-refractivity contribution in [3.8, 4) is 11.5 Å². The third-order valence-corrected chi connectivity index (χ3v) is 4.42. The molecule has 9 nitrogen and oxygen atoms in total. The number of hydrogen-bond acceptors (Lipinski definition) is 7. The predicted molar refractivity (Wildman–Crippen MR) is 87.0 cm³/mol. The van der Waals surface area contributed by atoms with Crippen molar-refractivity contribution in [3.63, 3.8) is 0 Å². The molecule has 132 valence electrons. The van der Waals surface area contributed by atoms with E-state index in [9.17, 15) is 19.2 Å². The summed E-state index contributed by atoms with van der Waals surface area (Å²) in [4.78, 5) is 47.4. The van der Waals surface area contributed by atoms with Crippen molar-refractivity contribution in [2.75, 3.05) is 25.6 Å². The third-order valence-electron chi connectivity index (χ3n) is 3.56. The van der Waals surface area contributed by atoms with Crippen molar-refractivity contribution < 1.29 is 28.7 Å². The number of carbonyl (C=O) groups is 4. The number of nitrogens with one attached hydrogen (secondary N) is 2. The summed E-state index contributed by atoms with van der Waals surface area (Å²) in [7, 11) is 0. The second-order valence-corrected chi connectivity index (χ2v) is 6.15. The minimum atomic E-state index is -0.826. The van der Waals surface area contributed by atoms with Crippen LogP contribution in [0, 0.1) is 0 Å². The molecule has 0 saturated carbocycles. The van der Waals surface area contributed by atoms with Crippen molar-refractivity contribution >= 4 is 34.7 Å². The molecule has 0 aromatic heterocycles. The topological polar surface area (TPSA) is 114 Å². The molecule has 10 heteroatoms. The van der Waals surface area contributed by atoms with Crippen molar-refractivity contribution in [1.82, 2.24) is 15.5 Å². The van der Waals surface area contributed by atoms with Crippen LogP contribution in [0.15, 0.2) is 18.2 Å². The standard InChI is InChI=1S/C15H15N3O6S/c19-12-7-25-15(22)18(12)4-3-16-13(20)14(21)17-6-9-1-2-10-11(5-9)24-8-23-10/h1-2,5H,3-4,6-8H2,(H,16,20)(H,17,21). The first kappa shape index (κ1) is 17.1. The van der Waals surface area contributed by atoms with Crippen LogP contribution in [0.1, 0.15) is 5.56 Å². The molecule has 2 N–H and O–H groups in total. The first-order valence-electron chi connectivity index (χ1n) is 7.46. The largest absolute Gasteiger partial charge is 0.454 e. The maximum absolute atomic E-state index is 11.8. The molecule has 25 heavy (non-hydrogen) atoms. The fraction of sp³-hybridized carbons (Fsp3) is 0.333. The molecule has 0 bridgehead atoms. The van der Waals surface area contributed by atoms with E-state index >= 15 is 0 Å². The summed E-state index contributed by atoms with van der Waals surface area (Å²) in [5, 5.41) is 4.52. The number of amides is 4. The smallest absolute Gasteiger partial charge is 0.309 e. The van der Waals surface area contributed by atoms with E-state index in [1.807, 2.05) is 0 Å². The molecule has 2 aliphatic heterocycles. The van der Waals surface area contributed by atoms with E-state index in [1.165, 1.54) is 0 Å². The van der Waals surface area contributed by atoms with Gasteiger partial charge in [0.05, 0.1) is 5.75 Å². The number of hydrogen-bond donors (Lipinski definition) is 2. The zero-order valence-corrected chi connectivity index (χ0v) is 13.9. The lowest BCUT2D eigenvalue weighted by atomic mass is 10.2. The van der Waals surface area contributed by atoms with Gasteiger partial charge in [-0.3, -0.25) is 24.1 Å². The number of thioether (sulfide) groups is 1. The van der Waals surface area contributed by atoms with E-state index in [-0.39, 0.29) is 43.3 Å². The minimum absolute atomic E-state index is 0.0221. The average Bonchev–Trinajstić information content (AvgIpc) is 3.20. The molecular formula is C15H15N3O6S. The minimum Gasteiger partial charge on any atom is -0.454 e. The van der Waals surface area contributed by atoms with Gasteiger partial charge in [-0.2, -0.15) is 0 Å². The van der Waals surface area contributed by atoms with Crippen LogP contribution in [0.3, 0.4) is 0 Å². The van der Waals surface area contributed by atoms with Gasteiger partial charge >= 0.3 is 11.8 Å². The summed E-state index contributed by atoms with van der Waals surface area (Å²) < 4.78 is 10.4. The number of ether oxygens (including phenoxy) is 2. The van der Waals surface area contributed by atoms with Gasteiger partial charge in [-0.05, 0) is 17.7 Å². The van der Waals surface area contributed by atoms with Crippen LogP contribution in [-0.4, -0.2) is 53.5 Å². The Balaban J connectivity index is 1.41. The number of imide groups is 1. The zero-order valence-electron chi connectivity index (χ0n) is 13.1. The molecule has 3 rings (SSSR count). The summed E-state index contributed by atoms with van der Waals surface area (Å²) >= 11 is 0.919. The molecule has 2 heterocycles. The van der Waals surface area contributed by atoms with Gasteiger partial charge in [0.2, 0.25) is 12.7 Å². The Labute approximate surface area is 147 Å². The first-order valence-corrected chi connectivity index (χ1v) is 8.45. The van der Waals surface area contributed by atoms with Gasteiger partial charge in [0, 0.05) is 19.6 Å². The summed E-state index contributed by atoms with van der Waals surface area (Å²) in [6.07, 6.45) is 0. The van der Waals surface area contributed by atoms with Gasteiger partial charge in [-0.25, -0.2) is 0 Å². The maximum atomic E-state index is 11.8. The van der Waals surface area contributed by atoms with Gasteiger partial charge in [-0.1, -0.05) is 17.8 Å². The van der Waals surface area contributed by atoms with Crippen LogP contribution >= 0.6 is 11.8 Å². The number of carbonyl (C=O) groups excluding carboxylic acids is 4. The highest BCUT2D eigenvalue weighted by Gasteiger charge is 2.29. The Morgan fingerprint density at radius 2 is 1.88 bits per heavy atom. The van der Waals surface area contributed by atoms with E-state index in [1.54, 1.807) is 18.2 Å². The normalized spacial score (nSPS) is 15.4. The Morgan fingerprint density at radius 3 is 2.64 bits per heavy atom. The Morgan fingerprint density at radius 1 is 1.12 bits per heavy atom. The van der Waals surface area contributed by atoms with E-state index in [2.05, 4.69) is 10.6 Å². The second-order valence-electron chi connectivity index (χ2n) is 5.23. The van der Waals surface area contributed by atoms with E-state index < -0.39 is 11.8 Å². The van der Waals surface area contributed by atoms with Crippen LogP contribution in [-0.2, 0) is 20.9 Å². The van der Waals surface area contributed by atoms with Crippen LogP contribution in [0.4, 0.5) is 4.79 Å². The molecule has 4 amide bonds. The third kappa shape index (κ3) is 4.02. The molecular weight excluding hydrogens is 350 g/mol. The Kier molecular flexibility index (Phi) is 5.08. The highest BCUT2D eigenvalue weighted by atomic mass is 32.2. The van der Waals surface area contributed by atoms with Gasteiger partial charge in [0.1, 0.15) is 0 Å². The van der Waals surface area contributed by atoms with Crippen LogP contribution in [0.2, 0.25) is 0 Å². The van der Waals surface area contributed by atoms with Crippen LogP contribution < -0.4 is 20.1 Å². The molecule has 0 spiro atoms. The van der Waals surface area contributed by atoms with Gasteiger partial charge in [0.25, 0.3) is 5.24 Å². The van der Waals surface area contributed by atoms with Crippen molar-refractivity contribution in [2.45, 2.75) is 6.54 Å². The van der Waals surface area contributed by atoms with E-state index in [0.29, 0.717) is 11.5 Å². The molecule has 1 aromatic carbocycles. The second kappa shape index (κ2) is 7.43. The number of rotatable bonds is 5. The highest BCUT2D eigenvalue weighted by molar-refractivity contribution is 8.14. The molecule has 0 radical (unpaired) electrons. The first-order chi connectivity index (χ1) is 12.0. The highest BCUT2D eigenvalue weighted by Crippen LogP contribution is 2.32. The molecule has 1 aromatic rings. The predicted octanol–water partition coefficient (Wildman–Crippen LogP) is -0.157. The van der Waals surface area contributed by atoms with E-state index in [4.69, 9.17) is 9.47 Å². The van der Waals surface area contributed by atoms with Crippen LogP contribution in [0.5, 0.6) is 11.5 Å². The lowest BCUT2D eigenvalue weighted by Gasteiger charge is -2.13. The lowest BCUT2D eigenvalue weighted by Crippen LogP contribution is -2.43. The van der Waals surface area contributed by atoms with Crippen molar-refractivity contribution in [3.05, 3.63) is 23.8 Å². The molecule has 0 aliphatic carbocycles. The number of fused-ring (bicyclic) bond motifs is 1. The quantitative estimate of drug-likeness (QED) is 0.697. The van der Waals surface area contributed by atoms with Gasteiger partial charge < -0.3 is 20.1 Å². The SMILES string of the molecule is O=C(NCCN1C(=O)CSC1=O)C(=O)NCc1ccc2c(c1)OCO2. The fourth-order valence-electron chi connectivity index (χ4n) is 2.27. The number of benzene rings is 1. The molecule has 2 aliphatic rings. The van der Waals surface area contributed by atoms with Gasteiger partial charge in [0.15, 0.2) is 11.5 Å². The van der Waals surface area contributed by atoms with Crippen LogP contribution in [0.25, 0.3) is 0 Å². The fourth-order valence-corrected chi connectivity index (χ4v) is 3.02. The Bertz CT molecular complexity index is 722. The number of nitrogens with zero attached hydrogens (tertiary/aromatic N) is 1. The summed E-state index contributed by atoms with van der Waals surface area (Å²) in [6, 6.07) is 5.21. The van der Waals surface area contributed by atoms with E-state index in [0.717, 1.165) is 22.2 Å². The zero-order chi connectivity index (χ0) is 17.8. The molecule has 1 saturated heterocycles. The molecule has 0 unspecified atom stereocenters. The average molecular weight is 365 g/mol. The van der Waals surface area contributed by atoms with Crippen molar-refractivity contribution in [1.29, 1.82) is 0 Å².